The molecule has 1 unspecified atom stereocenters. The molecule has 1 fully saturated rings. The Labute approximate surface area is 209 Å². The van der Waals surface area contributed by atoms with Gasteiger partial charge in [-0.2, -0.15) is 0 Å². The van der Waals surface area contributed by atoms with Crippen LogP contribution in [0.25, 0.3) is 16.8 Å². The Bertz CT molecular complexity index is 1450. The zero-order valence-electron chi connectivity index (χ0n) is 20.4. The van der Waals surface area contributed by atoms with E-state index in [0.29, 0.717) is 34.9 Å². The summed E-state index contributed by atoms with van der Waals surface area (Å²) in [5, 5.41) is 11.4. The second-order valence-corrected chi connectivity index (χ2v) is 9.34. The van der Waals surface area contributed by atoms with Gasteiger partial charge in [-0.1, -0.05) is 56.3 Å². The maximum Gasteiger partial charge on any atom is 0.302 e. The van der Waals surface area contributed by atoms with Crippen molar-refractivity contribution in [2.24, 2.45) is 5.92 Å². The monoisotopic (exact) mass is 481 g/mol. The van der Waals surface area contributed by atoms with Crippen LogP contribution >= 0.6 is 0 Å². The van der Waals surface area contributed by atoms with E-state index in [-0.39, 0.29) is 17.3 Å². The number of imidazole rings is 1. The van der Waals surface area contributed by atoms with E-state index in [0.717, 1.165) is 11.1 Å². The number of nitrogens with one attached hydrogen (secondary N) is 1. The lowest BCUT2D eigenvalue weighted by molar-refractivity contribution is -0.132. The number of aryl methyl sites for hydroxylation is 1. The molecule has 182 valence electrons. The van der Waals surface area contributed by atoms with Crippen LogP contribution in [-0.2, 0) is 9.59 Å². The fraction of sp³-hybridized carbons (Fsp3) is 0.207. The van der Waals surface area contributed by atoms with E-state index in [1.54, 1.807) is 18.2 Å². The van der Waals surface area contributed by atoms with Gasteiger partial charge in [-0.3, -0.25) is 14.5 Å². The molecule has 1 aromatic heterocycles. The third kappa shape index (κ3) is 4.13. The number of amides is 1. The van der Waals surface area contributed by atoms with Crippen molar-refractivity contribution in [1.29, 1.82) is 0 Å². The van der Waals surface area contributed by atoms with E-state index >= 15 is 0 Å². The van der Waals surface area contributed by atoms with Gasteiger partial charge in [0.1, 0.15) is 11.5 Å². The second kappa shape index (κ2) is 9.34. The Hall–Kier alpha value is -4.39. The molecule has 7 nitrogen and oxygen atoms in total. The van der Waals surface area contributed by atoms with E-state index in [9.17, 15) is 14.7 Å². The molecular weight excluding hydrogens is 454 g/mol. The first kappa shape index (κ1) is 23.4. The summed E-state index contributed by atoms with van der Waals surface area (Å²) in [6.45, 7) is 6.59. The van der Waals surface area contributed by atoms with Crippen molar-refractivity contribution in [3.05, 3.63) is 95.1 Å². The first-order valence-electron chi connectivity index (χ1n) is 11.9. The number of ketones is 1. The van der Waals surface area contributed by atoms with Crippen molar-refractivity contribution in [1.82, 2.24) is 9.97 Å². The molecule has 2 N–H and O–H groups in total. The largest absolute Gasteiger partial charge is 0.507 e. The van der Waals surface area contributed by atoms with Crippen LogP contribution in [0, 0.1) is 12.8 Å². The molecule has 0 radical (unpaired) electrons. The van der Waals surface area contributed by atoms with Gasteiger partial charge in [0.25, 0.3) is 5.78 Å². The van der Waals surface area contributed by atoms with Crippen molar-refractivity contribution in [2.45, 2.75) is 26.8 Å². The lowest BCUT2D eigenvalue weighted by Gasteiger charge is -2.23. The van der Waals surface area contributed by atoms with Crippen molar-refractivity contribution >= 4 is 34.4 Å². The number of aliphatic hydroxyl groups excluding tert-OH is 1. The third-order valence-corrected chi connectivity index (χ3v) is 6.19. The van der Waals surface area contributed by atoms with Crippen molar-refractivity contribution < 1.29 is 19.4 Å². The Morgan fingerprint density at radius 1 is 1.06 bits per heavy atom. The molecule has 2 heterocycles. The predicted octanol–water partition coefficient (Wildman–Crippen LogP) is 5.53. The summed E-state index contributed by atoms with van der Waals surface area (Å²) in [6.07, 6.45) is 0. The molecule has 0 bridgehead atoms. The molecular formula is C29H27N3O4. The summed E-state index contributed by atoms with van der Waals surface area (Å²) < 4.78 is 5.85. The SMILES string of the molecule is Cc1cc(/C(O)=C2\C(=O)C(=O)N(c3nc4ccccc4[nH]3)C2c2ccccc2)ccc1OCC(C)C. The fourth-order valence-corrected chi connectivity index (χ4v) is 4.43. The number of aromatic amines is 1. The number of aromatic nitrogens is 2. The summed E-state index contributed by atoms with van der Waals surface area (Å²) in [6, 6.07) is 21.0. The molecule has 1 aliphatic heterocycles. The highest BCUT2D eigenvalue weighted by atomic mass is 16.5. The molecule has 0 aliphatic carbocycles. The van der Waals surface area contributed by atoms with Crippen LogP contribution in [-0.4, -0.2) is 33.4 Å². The highest BCUT2D eigenvalue weighted by molar-refractivity contribution is 6.51. The van der Waals surface area contributed by atoms with Gasteiger partial charge in [0.15, 0.2) is 0 Å². The number of benzene rings is 3. The Morgan fingerprint density at radius 3 is 2.47 bits per heavy atom. The van der Waals surface area contributed by atoms with Gasteiger partial charge < -0.3 is 14.8 Å². The van der Waals surface area contributed by atoms with Crippen LogP contribution < -0.4 is 9.64 Å². The third-order valence-electron chi connectivity index (χ3n) is 6.19. The summed E-state index contributed by atoms with van der Waals surface area (Å²) in [7, 11) is 0. The minimum Gasteiger partial charge on any atom is -0.507 e. The number of carbonyl (C=O) groups is 2. The number of carbonyl (C=O) groups excluding carboxylic acids is 2. The van der Waals surface area contributed by atoms with E-state index in [1.165, 1.54) is 4.90 Å². The van der Waals surface area contributed by atoms with Crippen LogP contribution in [0.15, 0.2) is 78.4 Å². The van der Waals surface area contributed by atoms with Crippen molar-refractivity contribution in [3.63, 3.8) is 0 Å². The van der Waals surface area contributed by atoms with E-state index in [4.69, 9.17) is 4.74 Å². The van der Waals surface area contributed by atoms with Gasteiger partial charge >= 0.3 is 5.91 Å². The topological polar surface area (TPSA) is 95.5 Å². The minimum atomic E-state index is -0.844. The lowest BCUT2D eigenvalue weighted by atomic mass is 9.95. The first-order valence-corrected chi connectivity index (χ1v) is 11.9. The number of hydrogen-bond donors (Lipinski definition) is 2. The molecule has 1 atom stereocenters. The van der Waals surface area contributed by atoms with E-state index < -0.39 is 17.7 Å². The summed E-state index contributed by atoms with van der Waals surface area (Å²) >= 11 is 0. The minimum absolute atomic E-state index is 0.0157. The number of ether oxygens (including phenoxy) is 1. The number of fused-ring (bicyclic) bond motifs is 1. The summed E-state index contributed by atoms with van der Waals surface area (Å²) in [5.74, 6) is -0.419. The van der Waals surface area contributed by atoms with E-state index in [1.807, 2.05) is 61.5 Å². The van der Waals surface area contributed by atoms with Gasteiger partial charge in [-0.05, 0) is 54.3 Å². The average molecular weight is 482 g/mol. The van der Waals surface area contributed by atoms with Crippen LogP contribution in [0.2, 0.25) is 0 Å². The number of rotatable bonds is 6. The number of para-hydroxylation sites is 2. The van der Waals surface area contributed by atoms with Gasteiger partial charge in [0.2, 0.25) is 5.95 Å². The molecule has 0 saturated carbocycles. The maximum atomic E-state index is 13.4. The summed E-state index contributed by atoms with van der Waals surface area (Å²) in [5.41, 5.74) is 3.38. The molecule has 7 heteroatoms. The normalized spacial score (nSPS) is 17.3. The van der Waals surface area contributed by atoms with Crippen molar-refractivity contribution in [3.8, 4) is 5.75 Å². The zero-order valence-corrected chi connectivity index (χ0v) is 20.4. The maximum absolute atomic E-state index is 13.4. The smallest absolute Gasteiger partial charge is 0.302 e. The van der Waals surface area contributed by atoms with Gasteiger partial charge in [0, 0.05) is 5.56 Å². The highest BCUT2D eigenvalue weighted by Gasteiger charge is 2.48. The molecule has 1 amide bonds. The first-order chi connectivity index (χ1) is 17.3. The molecule has 0 spiro atoms. The molecule has 3 aromatic carbocycles. The van der Waals surface area contributed by atoms with Crippen molar-refractivity contribution in [2.75, 3.05) is 11.5 Å². The molecule has 36 heavy (non-hydrogen) atoms. The zero-order chi connectivity index (χ0) is 25.4. The number of Topliss-reactive ketones (excluding diaryl/α,β-unsaturated/α-hetero) is 1. The van der Waals surface area contributed by atoms with Gasteiger partial charge in [0.05, 0.1) is 29.3 Å². The number of aliphatic hydroxyl groups is 1. The van der Waals surface area contributed by atoms with E-state index in [2.05, 4.69) is 23.8 Å². The number of H-pyrrole nitrogens is 1. The average Bonchev–Trinajstić information content (AvgIpc) is 3.41. The molecule has 1 saturated heterocycles. The lowest BCUT2D eigenvalue weighted by Crippen LogP contribution is -2.30. The van der Waals surface area contributed by atoms with Crippen LogP contribution in [0.1, 0.15) is 36.6 Å². The Balaban J connectivity index is 1.63. The molecule has 4 aromatic rings. The predicted molar refractivity (Wildman–Crippen MR) is 139 cm³/mol. The summed E-state index contributed by atoms with van der Waals surface area (Å²) in [4.78, 5) is 35.7. The van der Waals surface area contributed by atoms with Crippen LogP contribution in [0.4, 0.5) is 5.95 Å². The highest BCUT2D eigenvalue weighted by Crippen LogP contribution is 2.42. The fourth-order valence-electron chi connectivity index (χ4n) is 4.43. The quantitative estimate of drug-likeness (QED) is 0.214. The number of nitrogens with zero attached hydrogens (tertiary/aromatic N) is 2. The number of anilines is 1. The Kier molecular flexibility index (Phi) is 6.06. The molecule has 5 rings (SSSR count). The Morgan fingerprint density at radius 2 is 1.78 bits per heavy atom. The number of hydrogen-bond acceptors (Lipinski definition) is 5. The molecule has 1 aliphatic rings. The van der Waals surface area contributed by atoms with Crippen LogP contribution in [0.5, 0.6) is 5.75 Å². The van der Waals surface area contributed by atoms with Crippen LogP contribution in [0.3, 0.4) is 0 Å². The standard InChI is InChI=1S/C29H27N3O4/c1-17(2)16-36-23-14-13-20(15-18(23)3)26(33)24-25(19-9-5-4-6-10-19)32(28(35)27(24)34)29-30-21-11-7-8-12-22(21)31-29/h4-15,17,25,33H,16H2,1-3H3,(H,30,31)/b26-24+. The van der Waals surface area contributed by atoms with Gasteiger partial charge in [-0.25, -0.2) is 4.98 Å². The second-order valence-electron chi connectivity index (χ2n) is 9.34. The van der Waals surface area contributed by atoms with Gasteiger partial charge in [-0.15, -0.1) is 0 Å².